The zero-order valence-corrected chi connectivity index (χ0v) is 19.9. The second-order valence-electron chi connectivity index (χ2n) is 8.50. The molecule has 7 nitrogen and oxygen atoms in total. The minimum absolute atomic E-state index is 0.0421. The normalized spacial score (nSPS) is 11.5. The van der Waals surface area contributed by atoms with Crippen LogP contribution in [0, 0.1) is 5.41 Å². The summed E-state index contributed by atoms with van der Waals surface area (Å²) in [7, 11) is 0. The van der Waals surface area contributed by atoms with Crippen LogP contribution in [-0.4, -0.2) is 33.4 Å². The summed E-state index contributed by atoms with van der Waals surface area (Å²) in [6.45, 7) is 7.36. The number of amides is 1. The number of nitrogens with zero attached hydrogens (tertiary/aromatic N) is 2. The molecule has 34 heavy (non-hydrogen) atoms. The highest BCUT2D eigenvalue weighted by Gasteiger charge is 2.16. The lowest BCUT2D eigenvalue weighted by Crippen LogP contribution is -2.30. The number of benzene rings is 2. The summed E-state index contributed by atoms with van der Waals surface area (Å²) < 4.78 is 0.955. The Bertz CT molecular complexity index is 1290. The number of carbonyl (C=O) groups is 2. The van der Waals surface area contributed by atoms with Crippen LogP contribution in [0.25, 0.3) is 11.1 Å². The standard InChI is InChI=1S/C27H30N4O3/c1-17(2)30-26-13-12-24(23-7-5-6-22(14-23)19(4)32)25(31(26)34)15-27(33)29-16-20-8-10-21(11-9-20)18(3)28/h5-14,17,28,34H,15-16H2,1-4H3,(H,29,33). The molecule has 0 aliphatic heterocycles. The van der Waals surface area contributed by atoms with Gasteiger partial charge < -0.3 is 15.9 Å². The number of aromatic nitrogens is 1. The Morgan fingerprint density at radius 2 is 1.74 bits per heavy atom. The Balaban J connectivity index is 1.91. The fourth-order valence-corrected chi connectivity index (χ4v) is 3.57. The van der Waals surface area contributed by atoms with Gasteiger partial charge in [0.25, 0.3) is 0 Å². The summed E-state index contributed by atoms with van der Waals surface area (Å²) in [6.07, 6.45) is -0.0741. The molecule has 3 N–H and O–H groups in total. The van der Waals surface area contributed by atoms with Crippen LogP contribution in [-0.2, 0) is 17.8 Å². The van der Waals surface area contributed by atoms with Crippen molar-refractivity contribution in [3.63, 3.8) is 0 Å². The average molecular weight is 459 g/mol. The van der Waals surface area contributed by atoms with Crippen molar-refractivity contribution in [1.82, 2.24) is 10.0 Å². The molecule has 0 saturated carbocycles. The first kappa shape index (κ1) is 24.6. The van der Waals surface area contributed by atoms with Gasteiger partial charge in [0.1, 0.15) is 0 Å². The first-order chi connectivity index (χ1) is 16.2. The third kappa shape index (κ3) is 6.07. The van der Waals surface area contributed by atoms with Gasteiger partial charge in [0.05, 0.1) is 12.1 Å². The van der Waals surface area contributed by atoms with E-state index in [4.69, 9.17) is 5.41 Å². The van der Waals surface area contributed by atoms with Gasteiger partial charge in [-0.25, -0.2) is 0 Å². The Labute approximate surface area is 199 Å². The Morgan fingerprint density at radius 1 is 1.03 bits per heavy atom. The van der Waals surface area contributed by atoms with Gasteiger partial charge in [-0.2, -0.15) is 4.73 Å². The summed E-state index contributed by atoms with van der Waals surface area (Å²) in [6, 6.07) is 18.0. The fourth-order valence-electron chi connectivity index (χ4n) is 3.57. The van der Waals surface area contributed by atoms with Crippen LogP contribution in [0.15, 0.2) is 65.7 Å². The summed E-state index contributed by atoms with van der Waals surface area (Å²) in [5.41, 5.74) is 4.89. The maximum atomic E-state index is 12.9. The van der Waals surface area contributed by atoms with Gasteiger partial charge >= 0.3 is 0 Å². The third-order valence-corrected chi connectivity index (χ3v) is 5.36. The van der Waals surface area contributed by atoms with Crippen molar-refractivity contribution >= 4 is 17.4 Å². The average Bonchev–Trinajstić information content (AvgIpc) is 2.80. The molecule has 3 aromatic rings. The lowest BCUT2D eigenvalue weighted by atomic mass is 9.99. The van der Waals surface area contributed by atoms with Crippen molar-refractivity contribution in [2.45, 2.75) is 46.7 Å². The van der Waals surface area contributed by atoms with Gasteiger partial charge in [0, 0.05) is 29.4 Å². The molecule has 2 aromatic carbocycles. The summed E-state index contributed by atoms with van der Waals surface area (Å²) in [4.78, 5) is 29.2. The fraction of sp³-hybridized carbons (Fsp3) is 0.259. The van der Waals surface area contributed by atoms with Gasteiger partial charge in [-0.1, -0.05) is 42.5 Å². The Hall–Kier alpha value is -4.00. The molecule has 0 spiro atoms. The van der Waals surface area contributed by atoms with Crippen LogP contribution < -0.4 is 10.8 Å². The van der Waals surface area contributed by atoms with Gasteiger partial charge in [0.2, 0.25) is 5.91 Å². The van der Waals surface area contributed by atoms with E-state index < -0.39 is 0 Å². The molecular weight excluding hydrogens is 428 g/mol. The maximum absolute atomic E-state index is 12.9. The maximum Gasteiger partial charge on any atom is 0.226 e. The molecule has 7 heteroatoms. The molecule has 1 amide bonds. The zero-order chi connectivity index (χ0) is 24.8. The highest BCUT2D eigenvalue weighted by molar-refractivity contribution is 5.96. The SMILES string of the molecule is CC(=N)c1ccc(CNC(=O)Cc2c(-c3cccc(C(C)=O)c3)ccc(=NC(C)C)n2O)cc1. The Morgan fingerprint density at radius 3 is 2.35 bits per heavy atom. The number of pyridine rings is 1. The van der Waals surface area contributed by atoms with E-state index in [1.165, 1.54) is 6.92 Å². The number of ketones is 1. The first-order valence-electron chi connectivity index (χ1n) is 11.2. The van der Waals surface area contributed by atoms with Gasteiger partial charge in [-0.3, -0.25) is 14.6 Å². The topological polar surface area (TPSA) is 108 Å². The van der Waals surface area contributed by atoms with Gasteiger partial charge in [0.15, 0.2) is 11.3 Å². The van der Waals surface area contributed by atoms with E-state index in [1.54, 1.807) is 31.2 Å². The van der Waals surface area contributed by atoms with E-state index in [1.807, 2.05) is 50.2 Å². The molecule has 0 atom stereocenters. The van der Waals surface area contributed by atoms with Crippen LogP contribution in [0.1, 0.15) is 54.9 Å². The van der Waals surface area contributed by atoms with Crippen molar-refractivity contribution in [1.29, 1.82) is 5.41 Å². The van der Waals surface area contributed by atoms with Crippen molar-refractivity contribution in [2.75, 3.05) is 0 Å². The van der Waals surface area contributed by atoms with E-state index in [0.717, 1.165) is 21.4 Å². The molecule has 0 bridgehead atoms. The zero-order valence-electron chi connectivity index (χ0n) is 19.9. The second-order valence-corrected chi connectivity index (χ2v) is 8.50. The number of rotatable bonds is 8. The molecule has 1 heterocycles. The molecule has 0 aliphatic carbocycles. The number of carbonyl (C=O) groups excluding carboxylic acids is 2. The number of hydrogen-bond donors (Lipinski definition) is 3. The number of hydrogen-bond acceptors (Lipinski definition) is 5. The molecule has 3 rings (SSSR count). The minimum Gasteiger partial charge on any atom is -0.427 e. The van der Waals surface area contributed by atoms with E-state index in [-0.39, 0.29) is 24.2 Å². The molecule has 1 aromatic heterocycles. The quantitative estimate of drug-likeness (QED) is 0.268. The van der Waals surface area contributed by atoms with Crippen LogP contribution in [0.3, 0.4) is 0 Å². The van der Waals surface area contributed by atoms with Crippen LogP contribution in [0.2, 0.25) is 0 Å². The predicted octanol–water partition coefficient (Wildman–Crippen LogP) is 4.15. The van der Waals surface area contributed by atoms with Crippen LogP contribution in [0.4, 0.5) is 0 Å². The molecule has 0 aliphatic rings. The monoisotopic (exact) mass is 458 g/mol. The third-order valence-electron chi connectivity index (χ3n) is 5.36. The molecule has 0 fully saturated rings. The first-order valence-corrected chi connectivity index (χ1v) is 11.2. The largest absolute Gasteiger partial charge is 0.427 e. The van der Waals surface area contributed by atoms with E-state index in [9.17, 15) is 14.8 Å². The highest BCUT2D eigenvalue weighted by atomic mass is 16.5. The summed E-state index contributed by atoms with van der Waals surface area (Å²) in [5, 5.41) is 21.5. The molecular formula is C27H30N4O3. The lowest BCUT2D eigenvalue weighted by Gasteiger charge is -2.15. The predicted molar refractivity (Wildman–Crippen MR) is 132 cm³/mol. The highest BCUT2D eigenvalue weighted by Crippen LogP contribution is 2.24. The van der Waals surface area contributed by atoms with Crippen molar-refractivity contribution < 1.29 is 14.8 Å². The Kier molecular flexibility index (Phi) is 7.79. The van der Waals surface area contributed by atoms with E-state index in [0.29, 0.717) is 34.6 Å². The molecule has 176 valence electrons. The van der Waals surface area contributed by atoms with Crippen LogP contribution >= 0.6 is 0 Å². The smallest absolute Gasteiger partial charge is 0.226 e. The van der Waals surface area contributed by atoms with Gasteiger partial charge in [-0.05, 0) is 62.6 Å². The molecule has 0 saturated heterocycles. The lowest BCUT2D eigenvalue weighted by molar-refractivity contribution is -0.120. The number of nitrogens with one attached hydrogen (secondary N) is 2. The van der Waals surface area contributed by atoms with Crippen molar-refractivity contribution in [3.05, 3.63) is 88.5 Å². The van der Waals surface area contributed by atoms with Crippen molar-refractivity contribution in [3.8, 4) is 11.1 Å². The molecule has 0 radical (unpaired) electrons. The minimum atomic E-state index is -0.263. The summed E-state index contributed by atoms with van der Waals surface area (Å²) >= 11 is 0. The summed E-state index contributed by atoms with van der Waals surface area (Å²) in [5.74, 6) is -0.325. The second kappa shape index (κ2) is 10.7. The van der Waals surface area contributed by atoms with Crippen LogP contribution in [0.5, 0.6) is 0 Å². The van der Waals surface area contributed by atoms with E-state index in [2.05, 4.69) is 10.3 Å². The van der Waals surface area contributed by atoms with E-state index >= 15 is 0 Å². The molecule has 0 unspecified atom stereocenters. The van der Waals surface area contributed by atoms with Gasteiger partial charge in [-0.15, -0.1) is 0 Å². The number of Topliss-reactive ketones (excluding diaryl/α,β-unsaturated/α-hetero) is 1. The van der Waals surface area contributed by atoms with Crippen molar-refractivity contribution in [2.24, 2.45) is 4.99 Å².